The minimum absolute atomic E-state index is 0.0702. The van der Waals surface area contributed by atoms with E-state index >= 15 is 0 Å². The largest absolute Gasteiger partial charge is 0.393 e. The second-order valence-corrected chi connectivity index (χ2v) is 7.46. The van der Waals surface area contributed by atoms with E-state index in [2.05, 4.69) is 30.7 Å². The van der Waals surface area contributed by atoms with Crippen molar-refractivity contribution in [2.75, 3.05) is 39.8 Å². The minimum atomic E-state index is -0.0702. The molecule has 1 aliphatic heterocycles. The second kappa shape index (κ2) is 7.77. The predicted octanol–water partition coefficient (Wildman–Crippen LogP) is 2.45. The molecule has 2 rings (SSSR count). The summed E-state index contributed by atoms with van der Waals surface area (Å²) in [5.74, 6) is 2.06. The van der Waals surface area contributed by atoms with E-state index < -0.39 is 0 Å². The van der Waals surface area contributed by atoms with Gasteiger partial charge in [-0.3, -0.25) is 0 Å². The van der Waals surface area contributed by atoms with Crippen LogP contribution in [-0.4, -0.2) is 60.8 Å². The average molecular weight is 282 g/mol. The lowest BCUT2D eigenvalue weighted by molar-refractivity contribution is 0.0215. The molecule has 1 aliphatic carbocycles. The van der Waals surface area contributed by atoms with Crippen LogP contribution in [-0.2, 0) is 0 Å². The van der Waals surface area contributed by atoms with Crippen LogP contribution in [0.25, 0.3) is 0 Å². The molecular formula is C17H34N2O. The van der Waals surface area contributed by atoms with Crippen LogP contribution in [0.4, 0.5) is 0 Å². The van der Waals surface area contributed by atoms with Crippen molar-refractivity contribution >= 4 is 0 Å². The third-order valence-corrected chi connectivity index (χ3v) is 5.47. The molecule has 0 aromatic carbocycles. The van der Waals surface area contributed by atoms with E-state index in [0.717, 1.165) is 31.3 Å². The minimum Gasteiger partial charge on any atom is -0.393 e. The Bertz CT molecular complexity index is 276. The number of nitrogens with zero attached hydrogens (tertiary/aromatic N) is 2. The molecule has 1 heterocycles. The van der Waals surface area contributed by atoms with Crippen molar-refractivity contribution in [3.63, 3.8) is 0 Å². The summed E-state index contributed by atoms with van der Waals surface area (Å²) in [6.45, 7) is 10.7. The Morgan fingerprint density at radius 3 is 2.55 bits per heavy atom. The molecule has 3 nitrogen and oxygen atoms in total. The van der Waals surface area contributed by atoms with Gasteiger partial charge in [0.25, 0.3) is 0 Å². The lowest BCUT2D eigenvalue weighted by atomic mass is 9.74. The summed E-state index contributed by atoms with van der Waals surface area (Å²) in [4.78, 5) is 5.01. The van der Waals surface area contributed by atoms with Gasteiger partial charge in [0.05, 0.1) is 6.10 Å². The molecule has 1 N–H and O–H groups in total. The normalized spacial score (nSPS) is 32.4. The third kappa shape index (κ3) is 4.71. The molecular weight excluding hydrogens is 248 g/mol. The van der Waals surface area contributed by atoms with Crippen molar-refractivity contribution in [3.8, 4) is 0 Å². The van der Waals surface area contributed by atoms with Gasteiger partial charge in [-0.2, -0.15) is 0 Å². The zero-order valence-corrected chi connectivity index (χ0v) is 13.7. The van der Waals surface area contributed by atoms with E-state index in [1.54, 1.807) is 0 Å². The summed E-state index contributed by atoms with van der Waals surface area (Å²) in [6.07, 6.45) is 6.12. The Hall–Kier alpha value is -0.120. The van der Waals surface area contributed by atoms with Crippen molar-refractivity contribution in [2.24, 2.45) is 17.8 Å². The molecule has 20 heavy (non-hydrogen) atoms. The van der Waals surface area contributed by atoms with Crippen LogP contribution in [0.1, 0.15) is 46.0 Å². The first kappa shape index (κ1) is 16.3. The molecule has 0 bridgehead atoms. The van der Waals surface area contributed by atoms with Gasteiger partial charge < -0.3 is 14.9 Å². The molecule has 3 heteroatoms. The zero-order valence-electron chi connectivity index (χ0n) is 13.7. The molecule has 0 amide bonds. The SMILES string of the molecule is CC(C)C1CCC(O)C(CN(C)CCN2CCCC2)C1. The molecule has 118 valence electrons. The molecule has 0 aromatic heterocycles. The number of rotatable bonds is 6. The maximum atomic E-state index is 10.3. The maximum absolute atomic E-state index is 10.3. The highest BCUT2D eigenvalue weighted by atomic mass is 16.3. The Morgan fingerprint density at radius 2 is 1.90 bits per heavy atom. The second-order valence-electron chi connectivity index (χ2n) is 7.46. The predicted molar refractivity (Wildman–Crippen MR) is 84.8 cm³/mol. The Kier molecular flexibility index (Phi) is 6.31. The van der Waals surface area contributed by atoms with Crippen LogP contribution in [0, 0.1) is 17.8 Å². The van der Waals surface area contributed by atoms with Gasteiger partial charge in [0.2, 0.25) is 0 Å². The van der Waals surface area contributed by atoms with Gasteiger partial charge >= 0.3 is 0 Å². The summed E-state index contributed by atoms with van der Waals surface area (Å²) >= 11 is 0. The van der Waals surface area contributed by atoms with Crippen molar-refractivity contribution < 1.29 is 5.11 Å². The van der Waals surface area contributed by atoms with Crippen LogP contribution in [0.5, 0.6) is 0 Å². The highest BCUT2D eigenvalue weighted by Crippen LogP contribution is 2.34. The van der Waals surface area contributed by atoms with E-state index in [1.165, 1.54) is 45.3 Å². The molecule has 2 fully saturated rings. The number of aliphatic hydroxyl groups is 1. The number of likely N-dealkylation sites (tertiary alicyclic amines) is 1. The molecule has 1 saturated carbocycles. The van der Waals surface area contributed by atoms with E-state index in [1.807, 2.05) is 0 Å². The number of aliphatic hydroxyl groups excluding tert-OH is 1. The molecule has 0 radical (unpaired) electrons. The van der Waals surface area contributed by atoms with Gasteiger partial charge in [-0.15, -0.1) is 0 Å². The van der Waals surface area contributed by atoms with Crippen molar-refractivity contribution in [1.82, 2.24) is 9.80 Å². The van der Waals surface area contributed by atoms with Crippen LogP contribution in [0.15, 0.2) is 0 Å². The summed E-state index contributed by atoms with van der Waals surface area (Å²) < 4.78 is 0. The van der Waals surface area contributed by atoms with Crippen molar-refractivity contribution in [3.05, 3.63) is 0 Å². The van der Waals surface area contributed by atoms with E-state index in [-0.39, 0.29) is 6.10 Å². The van der Waals surface area contributed by atoms with Crippen LogP contribution < -0.4 is 0 Å². The average Bonchev–Trinajstić information content (AvgIpc) is 2.92. The van der Waals surface area contributed by atoms with Gasteiger partial charge in [0.1, 0.15) is 0 Å². The maximum Gasteiger partial charge on any atom is 0.0580 e. The molecule has 1 saturated heterocycles. The standard InChI is InChI=1S/C17H34N2O/c1-14(2)15-6-7-17(20)16(12-15)13-18(3)10-11-19-8-4-5-9-19/h14-17,20H,4-13H2,1-3H3. The Labute approximate surface area is 125 Å². The first-order valence-electron chi connectivity index (χ1n) is 8.65. The number of likely N-dealkylation sites (N-methyl/N-ethyl adjacent to an activating group) is 1. The molecule has 3 unspecified atom stereocenters. The van der Waals surface area contributed by atoms with Gasteiger partial charge in [-0.25, -0.2) is 0 Å². The van der Waals surface area contributed by atoms with E-state index in [9.17, 15) is 5.11 Å². The van der Waals surface area contributed by atoms with Gasteiger partial charge in [0.15, 0.2) is 0 Å². The monoisotopic (exact) mass is 282 g/mol. The van der Waals surface area contributed by atoms with E-state index in [0.29, 0.717) is 5.92 Å². The Balaban J connectivity index is 1.72. The molecule has 0 spiro atoms. The lowest BCUT2D eigenvalue weighted by Crippen LogP contribution is -2.40. The van der Waals surface area contributed by atoms with Gasteiger partial charge in [-0.1, -0.05) is 13.8 Å². The summed E-state index contributed by atoms with van der Waals surface area (Å²) in [6, 6.07) is 0. The number of hydrogen-bond donors (Lipinski definition) is 1. The lowest BCUT2D eigenvalue weighted by Gasteiger charge is -2.37. The molecule has 3 atom stereocenters. The quantitative estimate of drug-likeness (QED) is 0.810. The fourth-order valence-electron chi connectivity index (χ4n) is 3.90. The summed E-state index contributed by atoms with van der Waals surface area (Å²) in [5, 5.41) is 10.3. The third-order valence-electron chi connectivity index (χ3n) is 5.47. The van der Waals surface area contributed by atoms with Crippen molar-refractivity contribution in [2.45, 2.75) is 52.1 Å². The first-order chi connectivity index (χ1) is 9.56. The summed E-state index contributed by atoms with van der Waals surface area (Å²) in [7, 11) is 2.22. The van der Waals surface area contributed by atoms with E-state index in [4.69, 9.17) is 0 Å². The molecule has 2 aliphatic rings. The fraction of sp³-hybridized carbons (Fsp3) is 1.00. The summed E-state index contributed by atoms with van der Waals surface area (Å²) in [5.41, 5.74) is 0. The van der Waals surface area contributed by atoms with Crippen molar-refractivity contribution in [1.29, 1.82) is 0 Å². The van der Waals surface area contributed by atoms with Gasteiger partial charge in [0, 0.05) is 19.6 Å². The fourth-order valence-corrected chi connectivity index (χ4v) is 3.90. The van der Waals surface area contributed by atoms with Gasteiger partial charge in [-0.05, 0) is 70.0 Å². The smallest absolute Gasteiger partial charge is 0.0580 e. The highest BCUT2D eigenvalue weighted by molar-refractivity contribution is 4.83. The zero-order chi connectivity index (χ0) is 14.5. The molecule has 0 aromatic rings. The van der Waals surface area contributed by atoms with Crippen LogP contribution in [0.3, 0.4) is 0 Å². The van der Waals surface area contributed by atoms with Crippen LogP contribution >= 0.6 is 0 Å². The highest BCUT2D eigenvalue weighted by Gasteiger charge is 2.31. The first-order valence-corrected chi connectivity index (χ1v) is 8.65. The topological polar surface area (TPSA) is 26.7 Å². The number of hydrogen-bond acceptors (Lipinski definition) is 3. The van der Waals surface area contributed by atoms with Crippen LogP contribution in [0.2, 0.25) is 0 Å². The Morgan fingerprint density at radius 1 is 1.20 bits per heavy atom.